The number of likely N-dealkylation sites (N-methyl/N-ethyl adjacent to an activating group) is 1. The molecule has 0 aromatic heterocycles. The summed E-state index contributed by atoms with van der Waals surface area (Å²) in [6, 6.07) is 15.2. The lowest BCUT2D eigenvalue weighted by molar-refractivity contribution is 0.360. The summed E-state index contributed by atoms with van der Waals surface area (Å²) >= 11 is 6.36. The number of allylic oxidation sites excluding steroid dienone is 4. The van der Waals surface area contributed by atoms with Crippen LogP contribution in [0.25, 0.3) is 0 Å². The highest BCUT2D eigenvalue weighted by Gasteiger charge is 2.20. The molecule has 0 amide bonds. The Balaban J connectivity index is 0.000000890. The molecule has 2 aromatic carbocycles. The van der Waals surface area contributed by atoms with Crippen LogP contribution in [0.1, 0.15) is 51.2 Å². The molecule has 2 nitrogen and oxygen atoms in total. The first-order chi connectivity index (χ1) is 16.0. The average Bonchev–Trinajstić information content (AvgIpc) is 2.98. The molecule has 0 saturated heterocycles. The van der Waals surface area contributed by atoms with Crippen LogP contribution in [0.3, 0.4) is 0 Å². The lowest BCUT2D eigenvalue weighted by atomic mass is 10.0. The monoisotopic (exact) mass is 464 g/mol. The van der Waals surface area contributed by atoms with E-state index in [1.807, 2.05) is 32.1 Å². The summed E-state index contributed by atoms with van der Waals surface area (Å²) < 4.78 is 0. The zero-order valence-electron chi connectivity index (χ0n) is 21.0. The van der Waals surface area contributed by atoms with Crippen molar-refractivity contribution in [3.8, 4) is 0 Å². The van der Waals surface area contributed by atoms with Crippen molar-refractivity contribution in [1.29, 1.82) is 0 Å². The highest BCUT2D eigenvalue weighted by atomic mass is 35.5. The summed E-state index contributed by atoms with van der Waals surface area (Å²) in [5.41, 5.74) is 6.62. The van der Waals surface area contributed by atoms with Gasteiger partial charge >= 0.3 is 0 Å². The van der Waals surface area contributed by atoms with E-state index in [1.165, 1.54) is 34.5 Å². The van der Waals surface area contributed by atoms with Gasteiger partial charge in [0.25, 0.3) is 0 Å². The quantitative estimate of drug-likeness (QED) is 0.209. The van der Waals surface area contributed by atoms with Gasteiger partial charge in [0, 0.05) is 29.5 Å². The van der Waals surface area contributed by atoms with Crippen LogP contribution in [0.5, 0.6) is 0 Å². The molecule has 0 radical (unpaired) electrons. The van der Waals surface area contributed by atoms with Crippen LogP contribution in [-0.4, -0.2) is 31.6 Å². The van der Waals surface area contributed by atoms with Crippen molar-refractivity contribution in [3.63, 3.8) is 0 Å². The molecule has 1 aliphatic heterocycles. The Morgan fingerprint density at radius 2 is 1.73 bits per heavy atom. The summed E-state index contributed by atoms with van der Waals surface area (Å²) in [6.07, 6.45) is 13.9. The van der Waals surface area contributed by atoms with E-state index in [2.05, 4.69) is 78.9 Å². The fraction of sp³-hybridized carbons (Fsp3) is 0.400. The number of halogens is 1. The Morgan fingerprint density at radius 1 is 1.03 bits per heavy atom. The summed E-state index contributed by atoms with van der Waals surface area (Å²) in [7, 11) is 2.19. The van der Waals surface area contributed by atoms with Crippen LogP contribution in [0, 0.1) is 0 Å². The molecule has 0 aliphatic carbocycles. The van der Waals surface area contributed by atoms with E-state index < -0.39 is 0 Å². The van der Waals surface area contributed by atoms with Crippen molar-refractivity contribution in [2.24, 2.45) is 0 Å². The molecule has 0 fully saturated rings. The first-order valence-corrected chi connectivity index (χ1v) is 12.6. The molecule has 3 heteroatoms. The number of anilines is 2. The largest absolute Gasteiger partial charge is 0.341 e. The number of aryl methyl sites for hydroxylation is 2. The molecule has 0 spiro atoms. The Hall–Kier alpha value is -2.29. The normalized spacial score (nSPS) is 13.0. The van der Waals surface area contributed by atoms with Gasteiger partial charge in [0.15, 0.2) is 0 Å². The highest BCUT2D eigenvalue weighted by molar-refractivity contribution is 6.30. The van der Waals surface area contributed by atoms with Crippen molar-refractivity contribution < 1.29 is 0 Å². The molecule has 0 N–H and O–H groups in total. The van der Waals surface area contributed by atoms with Gasteiger partial charge in [-0.3, -0.25) is 0 Å². The second kappa shape index (κ2) is 14.8. The molecular formula is C30H41ClN2. The van der Waals surface area contributed by atoms with Gasteiger partial charge in [0.05, 0.1) is 0 Å². The Kier molecular flexibility index (Phi) is 12.1. The van der Waals surface area contributed by atoms with E-state index in [4.69, 9.17) is 11.6 Å². The minimum Gasteiger partial charge on any atom is -0.341 e. The van der Waals surface area contributed by atoms with Gasteiger partial charge in [0.1, 0.15) is 0 Å². The second-order valence-corrected chi connectivity index (χ2v) is 9.04. The topological polar surface area (TPSA) is 6.48 Å². The van der Waals surface area contributed by atoms with Crippen LogP contribution in [-0.2, 0) is 12.8 Å². The molecule has 0 bridgehead atoms. The predicted molar refractivity (Wildman–Crippen MR) is 148 cm³/mol. The maximum absolute atomic E-state index is 6.36. The van der Waals surface area contributed by atoms with Crippen LogP contribution >= 0.6 is 11.6 Å². The average molecular weight is 465 g/mol. The zero-order valence-corrected chi connectivity index (χ0v) is 21.7. The minimum absolute atomic E-state index is 0.813. The number of hydrogen-bond acceptors (Lipinski definition) is 2. The standard InChI is InChI=1S/C26H33ClN2.C4H8/c1-4-21(2)10-9-18-28(3)17-7-8-19-29-25-12-6-5-11-22(25)13-14-23-15-16-24(27)20-26(23)29;1-3-4-2/h5-6,9-12,15-16,20H,2,4,7-8,13-14,17-19H2,1,3H3;3-4H,1-2H3/b10-9+;4-3-. The summed E-state index contributed by atoms with van der Waals surface area (Å²) in [4.78, 5) is 4.86. The van der Waals surface area contributed by atoms with E-state index in [1.54, 1.807) is 0 Å². The molecule has 1 aliphatic rings. The van der Waals surface area contributed by atoms with Gasteiger partial charge in [-0.1, -0.05) is 79.2 Å². The molecular weight excluding hydrogens is 424 g/mol. The third kappa shape index (κ3) is 8.87. The fourth-order valence-electron chi connectivity index (χ4n) is 3.89. The molecule has 0 saturated carbocycles. The number of unbranched alkanes of at least 4 members (excludes halogenated alkanes) is 1. The summed E-state index contributed by atoms with van der Waals surface area (Å²) in [5, 5.41) is 0.813. The summed E-state index contributed by atoms with van der Waals surface area (Å²) in [5.74, 6) is 0. The maximum atomic E-state index is 6.36. The Bertz CT molecular complexity index is 925. The first kappa shape index (κ1) is 27.0. The van der Waals surface area contributed by atoms with E-state index in [-0.39, 0.29) is 0 Å². The number of rotatable bonds is 9. The second-order valence-electron chi connectivity index (χ2n) is 8.60. The van der Waals surface area contributed by atoms with Crippen molar-refractivity contribution in [3.05, 3.63) is 95.1 Å². The SMILES string of the molecule is C/C=C\C.C=C(/C=C/CN(C)CCCCN1c2ccccc2CCc2ccc(Cl)cc21)CC. The number of benzene rings is 2. The fourth-order valence-corrected chi connectivity index (χ4v) is 4.05. The zero-order chi connectivity index (χ0) is 24.1. The number of nitrogens with zero attached hydrogens (tertiary/aromatic N) is 2. The van der Waals surface area contributed by atoms with E-state index in [0.29, 0.717) is 0 Å². The van der Waals surface area contributed by atoms with Gasteiger partial charge in [-0.25, -0.2) is 0 Å². The van der Waals surface area contributed by atoms with Crippen LogP contribution in [0.2, 0.25) is 5.02 Å². The molecule has 0 unspecified atom stereocenters. The van der Waals surface area contributed by atoms with E-state index in [0.717, 1.165) is 50.3 Å². The maximum Gasteiger partial charge on any atom is 0.0458 e. The Labute approximate surface area is 207 Å². The van der Waals surface area contributed by atoms with Crippen molar-refractivity contribution in [2.45, 2.75) is 52.9 Å². The molecule has 3 rings (SSSR count). The van der Waals surface area contributed by atoms with Crippen molar-refractivity contribution in [1.82, 2.24) is 4.90 Å². The van der Waals surface area contributed by atoms with Crippen LogP contribution in [0.15, 0.2) is 78.9 Å². The van der Waals surface area contributed by atoms with Crippen molar-refractivity contribution in [2.75, 3.05) is 31.6 Å². The van der Waals surface area contributed by atoms with Gasteiger partial charge in [0.2, 0.25) is 0 Å². The lowest BCUT2D eigenvalue weighted by Crippen LogP contribution is -2.23. The van der Waals surface area contributed by atoms with Gasteiger partial charge in [-0.2, -0.15) is 0 Å². The number of para-hydroxylation sites is 1. The van der Waals surface area contributed by atoms with Gasteiger partial charge < -0.3 is 9.80 Å². The van der Waals surface area contributed by atoms with E-state index >= 15 is 0 Å². The third-order valence-corrected chi connectivity index (χ3v) is 6.25. The molecule has 1 heterocycles. The number of hydrogen-bond donors (Lipinski definition) is 0. The molecule has 33 heavy (non-hydrogen) atoms. The highest BCUT2D eigenvalue weighted by Crippen LogP contribution is 2.37. The van der Waals surface area contributed by atoms with E-state index in [9.17, 15) is 0 Å². The lowest BCUT2D eigenvalue weighted by Gasteiger charge is -2.27. The van der Waals surface area contributed by atoms with Gasteiger partial charge in [-0.05, 0) is 88.9 Å². The van der Waals surface area contributed by atoms with Crippen LogP contribution in [0.4, 0.5) is 11.4 Å². The molecule has 0 atom stereocenters. The molecule has 2 aromatic rings. The minimum atomic E-state index is 0.813. The first-order valence-electron chi connectivity index (χ1n) is 12.2. The smallest absolute Gasteiger partial charge is 0.0458 e. The van der Waals surface area contributed by atoms with Gasteiger partial charge in [-0.15, -0.1) is 0 Å². The number of fused-ring (bicyclic) bond motifs is 2. The predicted octanol–water partition coefficient (Wildman–Crippen LogP) is 8.39. The summed E-state index contributed by atoms with van der Waals surface area (Å²) in [6.45, 7) is 13.3. The Morgan fingerprint density at radius 3 is 2.42 bits per heavy atom. The van der Waals surface area contributed by atoms with Crippen LogP contribution < -0.4 is 4.90 Å². The molecule has 178 valence electrons. The third-order valence-electron chi connectivity index (χ3n) is 6.01. The van der Waals surface area contributed by atoms with Crippen molar-refractivity contribution >= 4 is 23.0 Å².